The molecule has 0 bridgehead atoms. The van der Waals surface area contributed by atoms with E-state index in [0.29, 0.717) is 12.0 Å². The Hall–Kier alpha value is -1.92. The summed E-state index contributed by atoms with van der Waals surface area (Å²) in [6, 6.07) is 6.85. The maximum Gasteiger partial charge on any atom is 0.241 e. The SMILES string of the molecule is CN1CCN(CCC(=O)N/N=C/c2ccccc2O)CC1. The number of carbonyl (C=O) groups excluding carboxylic acids is 1. The van der Waals surface area contributed by atoms with Gasteiger partial charge in [-0.2, -0.15) is 5.10 Å². The van der Waals surface area contributed by atoms with Gasteiger partial charge in [-0.1, -0.05) is 12.1 Å². The first-order valence-electron chi connectivity index (χ1n) is 7.16. The van der Waals surface area contributed by atoms with Crippen molar-refractivity contribution in [2.75, 3.05) is 39.8 Å². The number of likely N-dealkylation sites (N-methyl/N-ethyl adjacent to an activating group) is 1. The molecule has 0 atom stereocenters. The molecule has 2 rings (SSSR count). The number of amides is 1. The average molecular weight is 290 g/mol. The Morgan fingerprint density at radius 3 is 2.76 bits per heavy atom. The second kappa shape index (κ2) is 7.75. The molecule has 1 fully saturated rings. The fraction of sp³-hybridized carbons (Fsp3) is 0.467. The van der Waals surface area contributed by atoms with Crippen LogP contribution in [0, 0.1) is 0 Å². The van der Waals surface area contributed by atoms with Crippen LogP contribution in [0.15, 0.2) is 29.4 Å². The summed E-state index contributed by atoms with van der Waals surface area (Å²) in [6.45, 7) is 4.86. The van der Waals surface area contributed by atoms with Crippen molar-refractivity contribution in [1.82, 2.24) is 15.2 Å². The molecular formula is C15H22N4O2. The summed E-state index contributed by atoms with van der Waals surface area (Å²) in [5.74, 6) is 0.0357. The van der Waals surface area contributed by atoms with Crippen LogP contribution in [0.1, 0.15) is 12.0 Å². The van der Waals surface area contributed by atoms with Gasteiger partial charge in [-0.25, -0.2) is 5.43 Å². The number of nitrogens with one attached hydrogen (secondary N) is 1. The largest absolute Gasteiger partial charge is 0.507 e. The van der Waals surface area contributed by atoms with E-state index in [1.165, 1.54) is 6.21 Å². The van der Waals surface area contributed by atoms with Crippen molar-refractivity contribution in [3.63, 3.8) is 0 Å². The van der Waals surface area contributed by atoms with Gasteiger partial charge < -0.3 is 14.9 Å². The Labute approximate surface area is 125 Å². The Morgan fingerprint density at radius 1 is 1.33 bits per heavy atom. The highest BCUT2D eigenvalue weighted by molar-refractivity contribution is 5.85. The summed E-state index contributed by atoms with van der Waals surface area (Å²) >= 11 is 0. The highest BCUT2D eigenvalue weighted by atomic mass is 16.3. The monoisotopic (exact) mass is 290 g/mol. The maximum absolute atomic E-state index is 11.7. The number of aromatic hydroxyl groups is 1. The number of hydrazone groups is 1. The summed E-state index contributed by atoms with van der Waals surface area (Å²) in [6.07, 6.45) is 1.88. The van der Waals surface area contributed by atoms with E-state index in [4.69, 9.17) is 0 Å². The third-order valence-corrected chi connectivity index (χ3v) is 3.58. The zero-order valence-electron chi connectivity index (χ0n) is 12.3. The number of phenolic OH excluding ortho intramolecular Hbond substituents is 1. The predicted molar refractivity (Wildman–Crippen MR) is 82.4 cm³/mol. The lowest BCUT2D eigenvalue weighted by Gasteiger charge is -2.32. The molecule has 114 valence electrons. The van der Waals surface area contributed by atoms with E-state index in [9.17, 15) is 9.90 Å². The van der Waals surface area contributed by atoms with Crippen LogP contribution in [-0.2, 0) is 4.79 Å². The minimum atomic E-state index is -0.111. The first-order valence-corrected chi connectivity index (χ1v) is 7.16. The lowest BCUT2D eigenvalue weighted by molar-refractivity contribution is -0.121. The number of hydrogen-bond acceptors (Lipinski definition) is 5. The molecule has 6 heteroatoms. The van der Waals surface area contributed by atoms with Crippen molar-refractivity contribution in [1.29, 1.82) is 0 Å². The molecule has 0 aromatic heterocycles. The Morgan fingerprint density at radius 2 is 2.05 bits per heavy atom. The molecule has 0 aliphatic carbocycles. The van der Waals surface area contributed by atoms with Crippen LogP contribution in [0.2, 0.25) is 0 Å². The number of nitrogens with zero attached hydrogens (tertiary/aromatic N) is 3. The van der Waals surface area contributed by atoms with Gasteiger partial charge in [0.15, 0.2) is 0 Å². The maximum atomic E-state index is 11.7. The van der Waals surface area contributed by atoms with Crippen LogP contribution in [0.25, 0.3) is 0 Å². The molecule has 0 spiro atoms. The summed E-state index contributed by atoms with van der Waals surface area (Å²) in [7, 11) is 2.11. The van der Waals surface area contributed by atoms with Crippen LogP contribution in [0.3, 0.4) is 0 Å². The number of para-hydroxylation sites is 1. The van der Waals surface area contributed by atoms with Crippen molar-refractivity contribution >= 4 is 12.1 Å². The van der Waals surface area contributed by atoms with Crippen molar-refractivity contribution in [3.05, 3.63) is 29.8 Å². The smallest absolute Gasteiger partial charge is 0.241 e. The molecular weight excluding hydrogens is 268 g/mol. The summed E-state index contributed by atoms with van der Waals surface area (Å²) in [4.78, 5) is 16.3. The van der Waals surface area contributed by atoms with Crippen molar-refractivity contribution in [2.24, 2.45) is 5.10 Å². The van der Waals surface area contributed by atoms with Gasteiger partial charge >= 0.3 is 0 Å². The third-order valence-electron chi connectivity index (χ3n) is 3.58. The highest BCUT2D eigenvalue weighted by Crippen LogP contribution is 2.12. The molecule has 6 nitrogen and oxygen atoms in total. The second-order valence-electron chi connectivity index (χ2n) is 5.25. The van der Waals surface area contributed by atoms with E-state index in [0.717, 1.165) is 32.7 Å². The van der Waals surface area contributed by atoms with Gasteiger partial charge in [-0.3, -0.25) is 4.79 Å². The summed E-state index contributed by atoms with van der Waals surface area (Å²) < 4.78 is 0. The van der Waals surface area contributed by atoms with Crippen LogP contribution in [0.4, 0.5) is 0 Å². The van der Waals surface area contributed by atoms with Gasteiger partial charge in [-0.15, -0.1) is 0 Å². The van der Waals surface area contributed by atoms with Crippen LogP contribution in [-0.4, -0.2) is 66.8 Å². The fourth-order valence-electron chi connectivity index (χ4n) is 2.16. The number of carbonyl (C=O) groups is 1. The third kappa shape index (κ3) is 5.17. The van der Waals surface area contributed by atoms with Crippen LogP contribution >= 0.6 is 0 Å². The van der Waals surface area contributed by atoms with Gasteiger partial charge in [-0.05, 0) is 19.2 Å². The zero-order chi connectivity index (χ0) is 15.1. The summed E-state index contributed by atoms with van der Waals surface area (Å²) in [5.41, 5.74) is 3.07. The molecule has 1 aliphatic rings. The summed E-state index contributed by atoms with van der Waals surface area (Å²) in [5, 5.41) is 13.4. The van der Waals surface area contributed by atoms with Crippen molar-refractivity contribution in [3.8, 4) is 5.75 Å². The molecule has 2 N–H and O–H groups in total. The minimum absolute atomic E-state index is 0.111. The average Bonchev–Trinajstić information content (AvgIpc) is 2.49. The Kier molecular flexibility index (Phi) is 5.71. The molecule has 0 unspecified atom stereocenters. The minimum Gasteiger partial charge on any atom is -0.507 e. The number of phenols is 1. The van der Waals surface area contributed by atoms with Gasteiger partial charge in [0.2, 0.25) is 5.91 Å². The second-order valence-corrected chi connectivity index (χ2v) is 5.25. The molecule has 1 aromatic rings. The number of piperazine rings is 1. The van der Waals surface area contributed by atoms with Crippen molar-refractivity contribution < 1.29 is 9.90 Å². The van der Waals surface area contributed by atoms with Gasteiger partial charge in [0.1, 0.15) is 5.75 Å². The Bertz CT molecular complexity index is 496. The van der Waals surface area contributed by atoms with E-state index < -0.39 is 0 Å². The van der Waals surface area contributed by atoms with E-state index in [-0.39, 0.29) is 11.7 Å². The Balaban J connectivity index is 1.69. The first kappa shape index (κ1) is 15.5. The number of benzene rings is 1. The molecule has 21 heavy (non-hydrogen) atoms. The van der Waals surface area contributed by atoms with Gasteiger partial charge in [0.25, 0.3) is 0 Å². The van der Waals surface area contributed by atoms with E-state index in [1.54, 1.807) is 24.3 Å². The lowest BCUT2D eigenvalue weighted by Crippen LogP contribution is -2.45. The van der Waals surface area contributed by atoms with Crippen LogP contribution in [0.5, 0.6) is 5.75 Å². The van der Waals surface area contributed by atoms with Crippen LogP contribution < -0.4 is 5.43 Å². The quantitative estimate of drug-likeness (QED) is 0.611. The van der Waals surface area contributed by atoms with Gasteiger partial charge in [0, 0.05) is 44.7 Å². The molecule has 1 aromatic carbocycles. The zero-order valence-corrected chi connectivity index (χ0v) is 12.3. The first-order chi connectivity index (χ1) is 10.1. The van der Waals surface area contributed by atoms with E-state index in [2.05, 4.69) is 27.4 Å². The molecule has 0 radical (unpaired) electrons. The molecule has 1 aliphatic heterocycles. The fourth-order valence-corrected chi connectivity index (χ4v) is 2.16. The molecule has 0 saturated carbocycles. The molecule has 1 amide bonds. The highest BCUT2D eigenvalue weighted by Gasteiger charge is 2.14. The van der Waals surface area contributed by atoms with Gasteiger partial charge in [0.05, 0.1) is 6.21 Å². The predicted octanol–water partition coefficient (Wildman–Crippen LogP) is 0.480. The molecule has 1 saturated heterocycles. The topological polar surface area (TPSA) is 68.2 Å². The lowest BCUT2D eigenvalue weighted by atomic mass is 10.2. The normalized spacial score (nSPS) is 17.2. The molecule has 1 heterocycles. The van der Waals surface area contributed by atoms with E-state index >= 15 is 0 Å². The standard InChI is InChI=1S/C15H22N4O2/c1-18-8-10-19(11-9-18)7-6-15(21)17-16-12-13-4-2-3-5-14(13)20/h2-5,12,20H,6-11H2,1H3,(H,17,21)/b16-12+. The van der Waals surface area contributed by atoms with E-state index in [1.807, 2.05) is 0 Å². The number of hydrogen-bond donors (Lipinski definition) is 2. The van der Waals surface area contributed by atoms with Crippen molar-refractivity contribution in [2.45, 2.75) is 6.42 Å². The number of rotatable bonds is 5.